The summed E-state index contributed by atoms with van der Waals surface area (Å²) in [5, 5.41) is 8.90. The Morgan fingerprint density at radius 3 is 2.27 bits per heavy atom. The van der Waals surface area contributed by atoms with Gasteiger partial charge in [0.15, 0.2) is 0 Å². The van der Waals surface area contributed by atoms with Crippen LogP contribution in [-0.2, 0) is 16.1 Å². The number of benzene rings is 1. The van der Waals surface area contributed by atoms with Gasteiger partial charge in [0.2, 0.25) is 0 Å². The number of aromatic carboxylic acids is 1. The Bertz CT molecular complexity index is 532. The van der Waals surface area contributed by atoms with Crippen LogP contribution in [-0.4, -0.2) is 41.6 Å². The molecule has 1 saturated carbocycles. The van der Waals surface area contributed by atoms with E-state index in [4.69, 9.17) is 9.84 Å². The van der Waals surface area contributed by atoms with Gasteiger partial charge in [-0.1, -0.05) is 31.4 Å². The lowest BCUT2D eigenvalue weighted by Gasteiger charge is -2.37. The number of carboxylic acids is 1. The third kappa shape index (κ3) is 3.47. The number of amides is 1. The van der Waals surface area contributed by atoms with Gasteiger partial charge in [0, 0.05) is 20.7 Å². The lowest BCUT2D eigenvalue weighted by atomic mass is 9.83. The molecule has 1 aromatic carbocycles. The predicted molar refractivity (Wildman–Crippen MR) is 82.7 cm³/mol. The molecule has 0 aromatic heterocycles. The zero-order chi connectivity index (χ0) is 16.2. The highest BCUT2D eigenvalue weighted by atomic mass is 16.5. The van der Waals surface area contributed by atoms with Gasteiger partial charge in [-0.3, -0.25) is 4.79 Å². The van der Waals surface area contributed by atoms with Crippen LogP contribution in [0.25, 0.3) is 0 Å². The van der Waals surface area contributed by atoms with Crippen molar-refractivity contribution in [3.63, 3.8) is 0 Å². The maximum atomic E-state index is 12.7. The van der Waals surface area contributed by atoms with Crippen molar-refractivity contribution in [1.82, 2.24) is 4.90 Å². The molecule has 0 radical (unpaired) electrons. The molecule has 0 saturated heterocycles. The highest BCUT2D eigenvalue weighted by Crippen LogP contribution is 2.33. The average molecular weight is 305 g/mol. The third-order valence-corrected chi connectivity index (χ3v) is 4.41. The van der Waals surface area contributed by atoms with E-state index in [0.29, 0.717) is 6.54 Å². The Kier molecular flexibility index (Phi) is 5.19. The van der Waals surface area contributed by atoms with E-state index in [2.05, 4.69) is 0 Å². The number of nitrogens with zero attached hydrogens (tertiary/aromatic N) is 1. The number of methoxy groups -OCH3 is 1. The maximum Gasteiger partial charge on any atom is 0.335 e. The van der Waals surface area contributed by atoms with Crippen LogP contribution in [0.15, 0.2) is 24.3 Å². The van der Waals surface area contributed by atoms with Gasteiger partial charge in [0.25, 0.3) is 5.91 Å². The molecular formula is C17H23NO4. The van der Waals surface area contributed by atoms with Crippen molar-refractivity contribution in [2.24, 2.45) is 0 Å². The van der Waals surface area contributed by atoms with Gasteiger partial charge in [0.05, 0.1) is 5.56 Å². The van der Waals surface area contributed by atoms with Gasteiger partial charge in [-0.05, 0) is 30.5 Å². The normalized spacial score (nSPS) is 17.0. The molecule has 1 amide bonds. The van der Waals surface area contributed by atoms with E-state index in [-0.39, 0.29) is 11.5 Å². The summed E-state index contributed by atoms with van der Waals surface area (Å²) >= 11 is 0. The van der Waals surface area contributed by atoms with Crippen LogP contribution in [0.4, 0.5) is 0 Å². The first-order valence-electron chi connectivity index (χ1n) is 7.61. The van der Waals surface area contributed by atoms with Crippen LogP contribution in [0, 0.1) is 0 Å². The molecule has 0 bridgehead atoms. The molecule has 0 aliphatic heterocycles. The Labute approximate surface area is 130 Å². The number of carbonyl (C=O) groups excluding carboxylic acids is 1. The van der Waals surface area contributed by atoms with Crippen molar-refractivity contribution in [1.29, 1.82) is 0 Å². The van der Waals surface area contributed by atoms with Gasteiger partial charge >= 0.3 is 5.97 Å². The number of carboxylic acid groups (broad SMARTS) is 1. The second kappa shape index (κ2) is 6.92. The summed E-state index contributed by atoms with van der Waals surface area (Å²) in [5.41, 5.74) is 0.467. The molecule has 0 unspecified atom stereocenters. The fourth-order valence-corrected chi connectivity index (χ4v) is 3.07. The minimum atomic E-state index is -0.948. The summed E-state index contributed by atoms with van der Waals surface area (Å²) in [7, 11) is 3.38. The van der Waals surface area contributed by atoms with Crippen LogP contribution >= 0.6 is 0 Å². The Morgan fingerprint density at radius 2 is 1.77 bits per heavy atom. The Morgan fingerprint density at radius 1 is 1.18 bits per heavy atom. The van der Waals surface area contributed by atoms with E-state index < -0.39 is 11.6 Å². The minimum absolute atomic E-state index is 0.0111. The van der Waals surface area contributed by atoms with Crippen LogP contribution in [0.5, 0.6) is 0 Å². The molecule has 2 rings (SSSR count). The van der Waals surface area contributed by atoms with Crippen LogP contribution < -0.4 is 0 Å². The van der Waals surface area contributed by atoms with Crippen molar-refractivity contribution in [2.75, 3.05) is 14.2 Å². The quantitative estimate of drug-likeness (QED) is 0.908. The molecule has 0 heterocycles. The highest BCUT2D eigenvalue weighted by Gasteiger charge is 2.41. The number of hydrogen-bond acceptors (Lipinski definition) is 3. The zero-order valence-electron chi connectivity index (χ0n) is 13.2. The Hall–Kier alpha value is -1.88. The summed E-state index contributed by atoms with van der Waals surface area (Å²) in [6.45, 7) is 0.448. The number of ether oxygens (including phenoxy) is 1. The van der Waals surface area contributed by atoms with Gasteiger partial charge in [-0.15, -0.1) is 0 Å². The van der Waals surface area contributed by atoms with Gasteiger partial charge in [-0.25, -0.2) is 4.79 Å². The number of hydrogen-bond donors (Lipinski definition) is 1. The standard InChI is InChI=1S/C17H23NO4/c1-18(12-13-6-8-14(9-7-13)15(19)20)16(21)17(22-2)10-4-3-5-11-17/h6-9H,3-5,10-12H2,1-2H3,(H,19,20). The molecule has 1 N–H and O–H groups in total. The molecule has 22 heavy (non-hydrogen) atoms. The van der Waals surface area contributed by atoms with E-state index in [1.165, 1.54) is 0 Å². The molecule has 0 spiro atoms. The van der Waals surface area contributed by atoms with E-state index in [0.717, 1.165) is 37.7 Å². The summed E-state index contributed by atoms with van der Waals surface area (Å²) < 4.78 is 5.58. The molecule has 0 atom stereocenters. The average Bonchev–Trinajstić information content (AvgIpc) is 2.55. The summed E-state index contributed by atoms with van der Waals surface area (Å²) in [4.78, 5) is 25.3. The van der Waals surface area contributed by atoms with Gasteiger partial charge in [0.1, 0.15) is 5.60 Å². The van der Waals surface area contributed by atoms with Crippen molar-refractivity contribution >= 4 is 11.9 Å². The Balaban J connectivity index is 2.05. The number of carbonyl (C=O) groups is 2. The fourth-order valence-electron chi connectivity index (χ4n) is 3.07. The largest absolute Gasteiger partial charge is 0.478 e. The lowest BCUT2D eigenvalue weighted by Crippen LogP contribution is -2.49. The third-order valence-electron chi connectivity index (χ3n) is 4.41. The van der Waals surface area contributed by atoms with E-state index in [1.54, 1.807) is 43.3 Å². The van der Waals surface area contributed by atoms with Gasteiger partial charge < -0.3 is 14.7 Å². The predicted octanol–water partition coefficient (Wildman–Crippen LogP) is 2.69. The maximum absolute atomic E-state index is 12.7. The van der Waals surface area contributed by atoms with Crippen LogP contribution in [0.1, 0.15) is 48.0 Å². The van der Waals surface area contributed by atoms with Crippen LogP contribution in [0.3, 0.4) is 0 Å². The van der Waals surface area contributed by atoms with E-state index >= 15 is 0 Å². The topological polar surface area (TPSA) is 66.8 Å². The van der Waals surface area contributed by atoms with Crippen molar-refractivity contribution in [3.8, 4) is 0 Å². The van der Waals surface area contributed by atoms with Crippen molar-refractivity contribution in [3.05, 3.63) is 35.4 Å². The van der Waals surface area contributed by atoms with E-state index in [9.17, 15) is 9.59 Å². The molecule has 1 aromatic rings. The molecule has 1 aliphatic carbocycles. The molecule has 5 nitrogen and oxygen atoms in total. The molecule has 1 aliphatic rings. The second-order valence-electron chi connectivity index (χ2n) is 5.92. The summed E-state index contributed by atoms with van der Waals surface area (Å²) in [5.74, 6) is -0.937. The molecular weight excluding hydrogens is 282 g/mol. The van der Waals surface area contributed by atoms with Crippen molar-refractivity contribution < 1.29 is 19.4 Å². The van der Waals surface area contributed by atoms with E-state index in [1.807, 2.05) is 0 Å². The van der Waals surface area contributed by atoms with Crippen LogP contribution in [0.2, 0.25) is 0 Å². The molecule has 1 fully saturated rings. The van der Waals surface area contributed by atoms with Gasteiger partial charge in [-0.2, -0.15) is 0 Å². The number of rotatable bonds is 5. The second-order valence-corrected chi connectivity index (χ2v) is 5.92. The number of likely N-dealkylation sites (N-methyl/N-ethyl adjacent to an activating group) is 1. The minimum Gasteiger partial charge on any atom is -0.478 e. The first-order valence-corrected chi connectivity index (χ1v) is 7.61. The highest BCUT2D eigenvalue weighted by molar-refractivity contribution is 5.87. The fraction of sp³-hybridized carbons (Fsp3) is 0.529. The zero-order valence-corrected chi connectivity index (χ0v) is 13.2. The summed E-state index contributed by atoms with van der Waals surface area (Å²) in [6, 6.07) is 6.60. The summed E-state index contributed by atoms with van der Waals surface area (Å²) in [6.07, 6.45) is 4.72. The monoisotopic (exact) mass is 305 g/mol. The SMILES string of the molecule is COC1(C(=O)N(C)Cc2ccc(C(=O)O)cc2)CCCCC1. The molecule has 5 heteroatoms. The smallest absolute Gasteiger partial charge is 0.335 e. The first-order chi connectivity index (χ1) is 10.5. The molecule has 120 valence electrons. The lowest BCUT2D eigenvalue weighted by molar-refractivity contribution is -0.158. The first kappa shape index (κ1) is 16.5. The van der Waals surface area contributed by atoms with Crippen molar-refractivity contribution in [2.45, 2.75) is 44.2 Å².